The molecule has 0 saturated heterocycles. The maximum atomic E-state index is 12.0. The van der Waals surface area contributed by atoms with E-state index in [9.17, 15) is 9.59 Å². The molecular formula is C17H14BrN3O4. The Hall–Kier alpha value is -2.87. The zero-order valence-corrected chi connectivity index (χ0v) is 14.6. The Morgan fingerprint density at radius 1 is 1.12 bits per heavy atom. The molecular weight excluding hydrogens is 390 g/mol. The maximum absolute atomic E-state index is 12.0. The molecule has 7 nitrogen and oxygen atoms in total. The van der Waals surface area contributed by atoms with Gasteiger partial charge in [0.25, 0.3) is 5.91 Å². The van der Waals surface area contributed by atoms with Crippen LogP contribution in [0.2, 0.25) is 0 Å². The average Bonchev–Trinajstić information content (AvgIpc) is 3.28. The van der Waals surface area contributed by atoms with E-state index in [-0.39, 0.29) is 24.6 Å². The van der Waals surface area contributed by atoms with Crippen molar-refractivity contribution in [1.29, 1.82) is 0 Å². The minimum Gasteiger partial charge on any atom is -0.461 e. The van der Waals surface area contributed by atoms with Crippen molar-refractivity contribution in [3.63, 3.8) is 0 Å². The predicted octanol–water partition coefficient (Wildman–Crippen LogP) is 3.46. The van der Waals surface area contributed by atoms with Gasteiger partial charge in [0.05, 0.1) is 6.26 Å². The number of hydrogen-bond donors (Lipinski definition) is 2. The Labute approximate surface area is 151 Å². The third kappa shape index (κ3) is 4.57. The Balaban J connectivity index is 1.46. The van der Waals surface area contributed by atoms with E-state index >= 15 is 0 Å². The molecule has 2 amide bonds. The summed E-state index contributed by atoms with van der Waals surface area (Å²) in [4.78, 5) is 23.9. The second-order valence-electron chi connectivity index (χ2n) is 5.11. The summed E-state index contributed by atoms with van der Waals surface area (Å²) >= 11 is 3.33. The second kappa shape index (κ2) is 7.80. The molecule has 0 aliphatic heterocycles. The van der Waals surface area contributed by atoms with Gasteiger partial charge in [0, 0.05) is 29.2 Å². The number of halogens is 1. The van der Waals surface area contributed by atoms with Gasteiger partial charge in [-0.25, -0.2) is 0 Å². The number of amides is 2. The minimum atomic E-state index is -0.419. The minimum absolute atomic E-state index is 0.125. The summed E-state index contributed by atoms with van der Waals surface area (Å²) in [7, 11) is 0. The van der Waals surface area contributed by atoms with Gasteiger partial charge in [0.1, 0.15) is 0 Å². The number of hydrogen-bond acceptors (Lipinski definition) is 5. The van der Waals surface area contributed by atoms with E-state index in [0.717, 1.165) is 4.47 Å². The highest BCUT2D eigenvalue weighted by atomic mass is 79.9. The molecule has 0 saturated carbocycles. The molecule has 0 fully saturated rings. The quantitative estimate of drug-likeness (QED) is 0.656. The molecule has 0 bridgehead atoms. The summed E-state index contributed by atoms with van der Waals surface area (Å²) in [6, 6.07) is 12.1. The third-order valence-corrected chi connectivity index (χ3v) is 3.80. The molecule has 3 aromatic rings. The molecule has 2 heterocycles. The van der Waals surface area contributed by atoms with Crippen LogP contribution in [0, 0.1) is 0 Å². The molecule has 0 aliphatic carbocycles. The van der Waals surface area contributed by atoms with Crippen LogP contribution in [0.25, 0.3) is 11.5 Å². The first-order valence-electron chi connectivity index (χ1n) is 7.46. The van der Waals surface area contributed by atoms with Gasteiger partial charge in [-0.3, -0.25) is 9.59 Å². The second-order valence-corrected chi connectivity index (χ2v) is 6.03. The molecule has 0 unspecified atom stereocenters. The molecule has 1 aromatic carbocycles. The highest BCUT2D eigenvalue weighted by Gasteiger charge is 2.15. The van der Waals surface area contributed by atoms with Crippen molar-refractivity contribution in [2.45, 2.75) is 6.42 Å². The van der Waals surface area contributed by atoms with Crippen LogP contribution in [0.3, 0.4) is 0 Å². The lowest BCUT2D eigenvalue weighted by molar-refractivity contribution is -0.116. The van der Waals surface area contributed by atoms with E-state index in [1.807, 2.05) is 12.1 Å². The van der Waals surface area contributed by atoms with Crippen LogP contribution in [0.4, 0.5) is 5.69 Å². The van der Waals surface area contributed by atoms with Crippen LogP contribution in [-0.2, 0) is 4.79 Å². The lowest BCUT2D eigenvalue weighted by atomic mass is 10.3. The number of furan rings is 1. The number of nitrogens with zero attached hydrogens (tertiary/aromatic N) is 1. The van der Waals surface area contributed by atoms with Crippen molar-refractivity contribution in [3.8, 4) is 11.5 Å². The first kappa shape index (κ1) is 17.0. The van der Waals surface area contributed by atoms with Gasteiger partial charge in [-0.15, -0.1) is 0 Å². The summed E-state index contributed by atoms with van der Waals surface area (Å²) in [5, 5.41) is 9.06. The van der Waals surface area contributed by atoms with E-state index < -0.39 is 5.91 Å². The number of rotatable bonds is 6. The van der Waals surface area contributed by atoms with Crippen LogP contribution in [0.5, 0.6) is 0 Å². The molecule has 8 heteroatoms. The number of anilines is 1. The van der Waals surface area contributed by atoms with E-state index in [1.54, 1.807) is 24.3 Å². The van der Waals surface area contributed by atoms with E-state index in [1.165, 1.54) is 12.3 Å². The van der Waals surface area contributed by atoms with Gasteiger partial charge < -0.3 is 19.6 Å². The predicted molar refractivity (Wildman–Crippen MR) is 93.9 cm³/mol. The lowest BCUT2D eigenvalue weighted by Gasteiger charge is -2.06. The highest BCUT2D eigenvalue weighted by molar-refractivity contribution is 9.10. The van der Waals surface area contributed by atoms with Crippen molar-refractivity contribution < 1.29 is 18.5 Å². The van der Waals surface area contributed by atoms with Crippen molar-refractivity contribution in [1.82, 2.24) is 10.5 Å². The van der Waals surface area contributed by atoms with Crippen molar-refractivity contribution in [3.05, 3.63) is 58.9 Å². The maximum Gasteiger partial charge on any atom is 0.273 e. The van der Waals surface area contributed by atoms with Gasteiger partial charge >= 0.3 is 0 Å². The topological polar surface area (TPSA) is 97.4 Å². The molecule has 3 rings (SSSR count). The van der Waals surface area contributed by atoms with Crippen LogP contribution >= 0.6 is 15.9 Å². The zero-order chi connectivity index (χ0) is 17.6. The number of carbonyl (C=O) groups is 2. The Morgan fingerprint density at radius 3 is 2.64 bits per heavy atom. The molecule has 0 spiro atoms. The Kier molecular flexibility index (Phi) is 5.30. The SMILES string of the molecule is O=C(CCNC(=O)c1cc(-c2ccco2)on1)Nc1ccc(Br)cc1. The summed E-state index contributed by atoms with van der Waals surface area (Å²) in [5.74, 6) is 0.237. The van der Waals surface area contributed by atoms with Crippen molar-refractivity contribution in [2.24, 2.45) is 0 Å². The lowest BCUT2D eigenvalue weighted by Crippen LogP contribution is -2.27. The monoisotopic (exact) mass is 403 g/mol. The average molecular weight is 404 g/mol. The third-order valence-electron chi connectivity index (χ3n) is 3.27. The molecule has 0 radical (unpaired) electrons. The van der Waals surface area contributed by atoms with Gasteiger partial charge in [-0.2, -0.15) is 0 Å². The van der Waals surface area contributed by atoms with Gasteiger partial charge in [-0.1, -0.05) is 21.1 Å². The largest absolute Gasteiger partial charge is 0.461 e. The molecule has 128 valence electrons. The van der Waals surface area contributed by atoms with Crippen LogP contribution < -0.4 is 10.6 Å². The Morgan fingerprint density at radius 2 is 1.92 bits per heavy atom. The van der Waals surface area contributed by atoms with Gasteiger partial charge in [-0.05, 0) is 36.4 Å². The number of carbonyl (C=O) groups excluding carboxylic acids is 2. The summed E-state index contributed by atoms with van der Waals surface area (Å²) in [6.45, 7) is 0.185. The fourth-order valence-corrected chi connectivity index (χ4v) is 2.32. The highest BCUT2D eigenvalue weighted by Crippen LogP contribution is 2.20. The molecule has 25 heavy (non-hydrogen) atoms. The van der Waals surface area contributed by atoms with Crippen molar-refractivity contribution >= 4 is 33.4 Å². The van der Waals surface area contributed by atoms with E-state index in [0.29, 0.717) is 17.2 Å². The number of nitrogens with one attached hydrogen (secondary N) is 2. The van der Waals surface area contributed by atoms with Crippen LogP contribution in [0.1, 0.15) is 16.9 Å². The van der Waals surface area contributed by atoms with Crippen LogP contribution in [0.15, 0.2) is 62.1 Å². The summed E-state index contributed by atoms with van der Waals surface area (Å²) < 4.78 is 11.2. The standard InChI is InChI=1S/C17H14BrN3O4/c18-11-3-5-12(6-4-11)20-16(22)7-8-19-17(23)13-10-15(25-21-13)14-2-1-9-24-14/h1-6,9-10H,7-8H2,(H,19,23)(H,20,22). The van der Waals surface area contributed by atoms with E-state index in [2.05, 4.69) is 31.7 Å². The molecule has 2 N–H and O–H groups in total. The molecule has 0 atom stereocenters. The smallest absolute Gasteiger partial charge is 0.273 e. The number of aromatic nitrogens is 1. The van der Waals surface area contributed by atoms with Crippen molar-refractivity contribution in [2.75, 3.05) is 11.9 Å². The summed E-state index contributed by atoms with van der Waals surface area (Å²) in [6.07, 6.45) is 1.65. The normalized spacial score (nSPS) is 10.4. The number of benzene rings is 1. The fraction of sp³-hybridized carbons (Fsp3) is 0.118. The first-order valence-corrected chi connectivity index (χ1v) is 8.25. The Bertz CT molecular complexity index is 856. The first-order chi connectivity index (χ1) is 12.1. The fourth-order valence-electron chi connectivity index (χ4n) is 2.05. The van der Waals surface area contributed by atoms with E-state index in [4.69, 9.17) is 8.94 Å². The molecule has 0 aliphatic rings. The van der Waals surface area contributed by atoms with Crippen LogP contribution in [-0.4, -0.2) is 23.5 Å². The van der Waals surface area contributed by atoms with Gasteiger partial charge in [0.15, 0.2) is 11.5 Å². The van der Waals surface area contributed by atoms with Gasteiger partial charge in [0.2, 0.25) is 11.7 Å². The molecule has 2 aromatic heterocycles. The summed E-state index contributed by atoms with van der Waals surface area (Å²) in [5.41, 5.74) is 0.818. The zero-order valence-electron chi connectivity index (χ0n) is 13.0.